The number of non-ortho nitro benzene ring substituents is 1. The highest BCUT2D eigenvalue weighted by atomic mass is 32.2. The zero-order valence-corrected chi connectivity index (χ0v) is 18.0. The van der Waals surface area contributed by atoms with Crippen molar-refractivity contribution in [1.82, 2.24) is 5.43 Å². The van der Waals surface area contributed by atoms with E-state index in [0.29, 0.717) is 11.3 Å². The Morgan fingerprint density at radius 2 is 1.76 bits per heavy atom. The van der Waals surface area contributed by atoms with E-state index in [0.717, 1.165) is 10.5 Å². The van der Waals surface area contributed by atoms with Gasteiger partial charge in [0.25, 0.3) is 5.69 Å². The van der Waals surface area contributed by atoms with E-state index < -0.39 is 10.9 Å². The maximum atomic E-state index is 12.0. The van der Waals surface area contributed by atoms with Crippen LogP contribution in [-0.2, 0) is 11.4 Å². The minimum atomic E-state index is -0.989. The second-order valence-corrected chi connectivity index (χ2v) is 7.71. The molecule has 3 rings (SSSR count). The number of nitro benzene ring substituents is 1. The molecule has 168 valence electrons. The average Bonchev–Trinajstić information content (AvgIpc) is 2.82. The number of hydrazone groups is 1. The fourth-order valence-electron chi connectivity index (χ4n) is 2.64. The van der Waals surface area contributed by atoms with Gasteiger partial charge in [0.1, 0.15) is 12.4 Å². The van der Waals surface area contributed by atoms with Gasteiger partial charge in [0.05, 0.1) is 22.5 Å². The van der Waals surface area contributed by atoms with E-state index in [4.69, 9.17) is 9.84 Å². The van der Waals surface area contributed by atoms with Gasteiger partial charge in [-0.3, -0.25) is 14.9 Å². The lowest BCUT2D eigenvalue weighted by atomic mass is 10.1. The summed E-state index contributed by atoms with van der Waals surface area (Å²) in [6.07, 6.45) is 1.47. The van der Waals surface area contributed by atoms with Gasteiger partial charge in [0, 0.05) is 22.6 Å². The third-order valence-corrected chi connectivity index (χ3v) is 5.34. The van der Waals surface area contributed by atoms with Crippen molar-refractivity contribution in [2.24, 2.45) is 5.10 Å². The maximum Gasteiger partial charge on any atom is 0.335 e. The van der Waals surface area contributed by atoms with Crippen LogP contribution in [0.3, 0.4) is 0 Å². The zero-order valence-electron chi connectivity index (χ0n) is 17.2. The Kier molecular flexibility index (Phi) is 8.14. The van der Waals surface area contributed by atoms with Crippen LogP contribution in [0.1, 0.15) is 21.5 Å². The molecule has 9 nitrogen and oxygen atoms in total. The van der Waals surface area contributed by atoms with E-state index in [1.807, 2.05) is 6.07 Å². The Morgan fingerprint density at radius 1 is 1.06 bits per heavy atom. The molecule has 0 aliphatic rings. The fourth-order valence-corrected chi connectivity index (χ4v) is 3.33. The number of thioether (sulfide) groups is 1. The number of nitrogens with one attached hydrogen (secondary N) is 1. The van der Waals surface area contributed by atoms with E-state index >= 15 is 0 Å². The molecule has 0 bridgehead atoms. The molecule has 33 heavy (non-hydrogen) atoms. The first-order valence-corrected chi connectivity index (χ1v) is 10.6. The standard InChI is InChI=1S/C23H19N3O6S/c27-22(15-33-20-11-9-19(10-12-20)26(30)31)25-24-13-18-3-1-2-4-21(18)32-14-16-5-7-17(8-6-16)23(28)29/h1-13H,14-15H2,(H,25,27)(H,28,29). The molecule has 3 aromatic rings. The van der Waals surface area contributed by atoms with Crippen molar-refractivity contribution in [1.29, 1.82) is 0 Å². The molecule has 10 heteroatoms. The molecule has 1 amide bonds. The topological polar surface area (TPSA) is 131 Å². The van der Waals surface area contributed by atoms with Crippen LogP contribution >= 0.6 is 11.8 Å². The molecule has 0 aliphatic carbocycles. The minimum absolute atomic E-state index is 0.00781. The summed E-state index contributed by atoms with van der Waals surface area (Å²) < 4.78 is 5.81. The van der Waals surface area contributed by atoms with Crippen LogP contribution in [0.2, 0.25) is 0 Å². The molecular weight excluding hydrogens is 446 g/mol. The number of para-hydroxylation sites is 1. The van der Waals surface area contributed by atoms with Gasteiger partial charge < -0.3 is 9.84 Å². The Labute approximate surface area is 193 Å². The second kappa shape index (κ2) is 11.4. The molecule has 0 unspecified atom stereocenters. The number of hydrogen-bond donors (Lipinski definition) is 2. The summed E-state index contributed by atoms with van der Waals surface area (Å²) >= 11 is 1.24. The van der Waals surface area contributed by atoms with Crippen LogP contribution in [-0.4, -0.2) is 33.9 Å². The zero-order chi connectivity index (χ0) is 23.6. The lowest BCUT2D eigenvalue weighted by Gasteiger charge is -2.09. The number of carboxylic acid groups (broad SMARTS) is 1. The minimum Gasteiger partial charge on any atom is -0.488 e. The number of carbonyl (C=O) groups is 2. The van der Waals surface area contributed by atoms with Gasteiger partial charge in [0.2, 0.25) is 5.91 Å². The predicted octanol–water partition coefficient (Wildman–Crippen LogP) is 4.11. The molecule has 0 saturated heterocycles. The lowest BCUT2D eigenvalue weighted by Crippen LogP contribution is -2.19. The molecule has 0 spiro atoms. The molecule has 2 N–H and O–H groups in total. The van der Waals surface area contributed by atoms with E-state index in [2.05, 4.69) is 10.5 Å². The predicted molar refractivity (Wildman–Crippen MR) is 124 cm³/mol. The number of amides is 1. The highest BCUT2D eigenvalue weighted by molar-refractivity contribution is 8.00. The second-order valence-electron chi connectivity index (χ2n) is 6.66. The number of carbonyl (C=O) groups excluding carboxylic acids is 1. The van der Waals surface area contributed by atoms with Gasteiger partial charge in [0.15, 0.2) is 0 Å². The summed E-state index contributed by atoms with van der Waals surface area (Å²) in [4.78, 5) is 33.9. The number of carboxylic acids is 1. The maximum absolute atomic E-state index is 12.0. The monoisotopic (exact) mass is 465 g/mol. The van der Waals surface area contributed by atoms with Crippen molar-refractivity contribution in [2.75, 3.05) is 5.75 Å². The van der Waals surface area contributed by atoms with Crippen LogP contribution in [0, 0.1) is 10.1 Å². The van der Waals surface area contributed by atoms with Crippen molar-refractivity contribution in [2.45, 2.75) is 11.5 Å². The first-order chi connectivity index (χ1) is 15.9. The van der Waals surface area contributed by atoms with Crippen LogP contribution in [0.15, 0.2) is 82.8 Å². The number of ether oxygens (including phenoxy) is 1. The fraction of sp³-hybridized carbons (Fsp3) is 0.0870. The SMILES string of the molecule is O=C(CSc1ccc([N+](=O)[O-])cc1)NN=Cc1ccccc1OCc1ccc(C(=O)O)cc1. The lowest BCUT2D eigenvalue weighted by molar-refractivity contribution is -0.384. The van der Waals surface area contributed by atoms with Crippen molar-refractivity contribution >= 4 is 35.5 Å². The summed E-state index contributed by atoms with van der Waals surface area (Å²) in [6.45, 7) is 0.239. The van der Waals surface area contributed by atoms with Crippen LogP contribution in [0.5, 0.6) is 5.75 Å². The highest BCUT2D eigenvalue weighted by Gasteiger charge is 2.07. The Bertz CT molecular complexity index is 1160. The van der Waals surface area contributed by atoms with E-state index in [-0.39, 0.29) is 29.5 Å². The van der Waals surface area contributed by atoms with Gasteiger partial charge in [-0.15, -0.1) is 11.8 Å². The van der Waals surface area contributed by atoms with Crippen molar-refractivity contribution in [3.8, 4) is 5.75 Å². The van der Waals surface area contributed by atoms with Crippen LogP contribution < -0.4 is 10.2 Å². The number of aromatic carboxylic acids is 1. The quantitative estimate of drug-likeness (QED) is 0.199. The van der Waals surface area contributed by atoms with Crippen molar-refractivity contribution in [3.63, 3.8) is 0 Å². The van der Waals surface area contributed by atoms with E-state index in [1.54, 1.807) is 42.5 Å². The number of nitrogens with zero attached hydrogens (tertiary/aromatic N) is 2. The largest absolute Gasteiger partial charge is 0.488 e. The number of hydrogen-bond acceptors (Lipinski definition) is 7. The molecule has 0 aromatic heterocycles. The van der Waals surface area contributed by atoms with E-state index in [1.165, 1.54) is 42.2 Å². The molecule has 0 atom stereocenters. The normalized spacial score (nSPS) is 10.7. The smallest absolute Gasteiger partial charge is 0.335 e. The molecule has 0 aliphatic heterocycles. The van der Waals surface area contributed by atoms with Gasteiger partial charge in [-0.05, 0) is 42.0 Å². The third-order valence-electron chi connectivity index (χ3n) is 4.32. The summed E-state index contributed by atoms with van der Waals surface area (Å²) in [6, 6.07) is 19.5. The summed E-state index contributed by atoms with van der Waals surface area (Å²) in [5, 5.41) is 23.6. The molecular formula is C23H19N3O6S. The van der Waals surface area contributed by atoms with Gasteiger partial charge >= 0.3 is 5.97 Å². The molecule has 0 fully saturated rings. The summed E-state index contributed by atoms with van der Waals surface area (Å²) in [7, 11) is 0. The summed E-state index contributed by atoms with van der Waals surface area (Å²) in [5.41, 5.74) is 4.10. The number of nitro groups is 1. The average molecular weight is 465 g/mol. The number of benzene rings is 3. The third kappa shape index (κ3) is 7.18. The van der Waals surface area contributed by atoms with Gasteiger partial charge in [-0.1, -0.05) is 24.3 Å². The van der Waals surface area contributed by atoms with Crippen LogP contribution in [0.25, 0.3) is 0 Å². The molecule has 0 heterocycles. The van der Waals surface area contributed by atoms with Crippen molar-refractivity contribution in [3.05, 3.63) is 99.6 Å². The van der Waals surface area contributed by atoms with Gasteiger partial charge in [-0.25, -0.2) is 10.2 Å². The molecule has 0 saturated carbocycles. The van der Waals surface area contributed by atoms with Gasteiger partial charge in [-0.2, -0.15) is 5.10 Å². The summed E-state index contributed by atoms with van der Waals surface area (Å²) in [5.74, 6) is -0.665. The highest BCUT2D eigenvalue weighted by Crippen LogP contribution is 2.21. The number of rotatable bonds is 10. The van der Waals surface area contributed by atoms with E-state index in [9.17, 15) is 19.7 Å². The molecule has 3 aromatic carbocycles. The first-order valence-electron chi connectivity index (χ1n) is 9.65. The Hall–Kier alpha value is -4.18. The van der Waals surface area contributed by atoms with Crippen molar-refractivity contribution < 1.29 is 24.4 Å². The Balaban J connectivity index is 1.51. The molecule has 0 radical (unpaired) electrons. The van der Waals surface area contributed by atoms with Crippen LogP contribution in [0.4, 0.5) is 5.69 Å². The Morgan fingerprint density at radius 3 is 2.42 bits per heavy atom. The first kappa shape index (κ1) is 23.5.